The van der Waals surface area contributed by atoms with Crippen LogP contribution in [0.5, 0.6) is 0 Å². The Kier molecular flexibility index (Phi) is 6.78. The molecule has 1 aromatic rings. The van der Waals surface area contributed by atoms with E-state index in [2.05, 4.69) is 12.2 Å². The quantitative estimate of drug-likeness (QED) is 0.777. The van der Waals surface area contributed by atoms with Gasteiger partial charge in [0.2, 0.25) is 5.91 Å². The number of piperidine rings is 1. The number of carbonyl (C=O) groups excluding carboxylic acids is 2. The molecule has 5 heteroatoms. The minimum Gasteiger partial charge on any atom is -0.340 e. The molecule has 0 aromatic carbocycles. The molecule has 0 aliphatic carbocycles. The van der Waals surface area contributed by atoms with Gasteiger partial charge in [-0.3, -0.25) is 9.59 Å². The molecular formula is C18H28N2O2S. The second kappa shape index (κ2) is 8.60. The largest absolute Gasteiger partial charge is 0.340 e. The zero-order valence-electron chi connectivity index (χ0n) is 14.5. The van der Waals surface area contributed by atoms with E-state index in [0.29, 0.717) is 18.9 Å². The van der Waals surface area contributed by atoms with Gasteiger partial charge in [0, 0.05) is 40.7 Å². The first-order valence-electron chi connectivity index (χ1n) is 8.63. The summed E-state index contributed by atoms with van der Waals surface area (Å²) in [5.74, 6) is 0.235. The number of thiophene rings is 1. The Balaban J connectivity index is 1.93. The predicted octanol–water partition coefficient (Wildman–Crippen LogP) is 3.32. The molecule has 0 spiro atoms. The number of nitrogens with one attached hydrogen (secondary N) is 1. The first-order chi connectivity index (χ1) is 11.0. The van der Waals surface area contributed by atoms with Gasteiger partial charge in [-0.25, -0.2) is 0 Å². The molecular weight excluding hydrogens is 308 g/mol. The lowest BCUT2D eigenvalue weighted by atomic mass is 10.0. The summed E-state index contributed by atoms with van der Waals surface area (Å²) in [6, 6.07) is 2.28. The van der Waals surface area contributed by atoms with E-state index in [4.69, 9.17) is 0 Å². The molecule has 128 valence electrons. The maximum Gasteiger partial charge on any atom is 0.223 e. The molecule has 1 fully saturated rings. The van der Waals surface area contributed by atoms with E-state index in [1.807, 2.05) is 24.8 Å². The van der Waals surface area contributed by atoms with E-state index in [1.165, 1.54) is 0 Å². The van der Waals surface area contributed by atoms with E-state index >= 15 is 0 Å². The second-order valence-corrected chi connectivity index (χ2v) is 7.78. The van der Waals surface area contributed by atoms with E-state index in [1.54, 1.807) is 11.3 Å². The molecule has 0 unspecified atom stereocenters. The zero-order chi connectivity index (χ0) is 16.8. The highest BCUT2D eigenvalue weighted by atomic mass is 32.1. The normalized spacial score (nSPS) is 15.6. The topological polar surface area (TPSA) is 49.4 Å². The molecule has 1 aliphatic heterocycles. The molecule has 0 bridgehead atoms. The van der Waals surface area contributed by atoms with Gasteiger partial charge in [0.15, 0.2) is 5.78 Å². The highest BCUT2D eigenvalue weighted by Crippen LogP contribution is 2.23. The third-order valence-corrected chi connectivity index (χ3v) is 5.41. The van der Waals surface area contributed by atoms with Gasteiger partial charge in [-0.15, -0.1) is 11.3 Å². The number of nitrogens with zero attached hydrogens (tertiary/aromatic N) is 1. The molecule has 2 heterocycles. The fourth-order valence-electron chi connectivity index (χ4n) is 3.28. The van der Waals surface area contributed by atoms with Crippen molar-refractivity contribution in [2.75, 3.05) is 19.6 Å². The monoisotopic (exact) mass is 336 g/mol. The molecule has 23 heavy (non-hydrogen) atoms. The number of hydrogen-bond acceptors (Lipinski definition) is 4. The van der Waals surface area contributed by atoms with Crippen LogP contribution in [0, 0.1) is 13.8 Å². The van der Waals surface area contributed by atoms with Crippen molar-refractivity contribution < 1.29 is 9.59 Å². The van der Waals surface area contributed by atoms with Crippen LogP contribution in [0.3, 0.4) is 0 Å². The Hall–Kier alpha value is -1.20. The van der Waals surface area contributed by atoms with Crippen LogP contribution >= 0.6 is 11.3 Å². The third kappa shape index (κ3) is 4.88. The van der Waals surface area contributed by atoms with Crippen molar-refractivity contribution in [3.63, 3.8) is 0 Å². The lowest BCUT2D eigenvalue weighted by Gasteiger charge is -2.34. The van der Waals surface area contributed by atoms with Crippen molar-refractivity contribution in [1.82, 2.24) is 10.2 Å². The van der Waals surface area contributed by atoms with Crippen LogP contribution in [-0.2, 0) is 4.79 Å². The summed E-state index contributed by atoms with van der Waals surface area (Å²) >= 11 is 1.65. The van der Waals surface area contributed by atoms with Crippen LogP contribution in [0.1, 0.15) is 59.1 Å². The molecule has 1 aromatic heterocycles. The first kappa shape index (κ1) is 18.1. The van der Waals surface area contributed by atoms with Gasteiger partial charge < -0.3 is 10.2 Å². The fraction of sp³-hybridized carbons (Fsp3) is 0.667. The smallest absolute Gasteiger partial charge is 0.223 e. The number of Topliss-reactive ketones (excluding diaryl/α,β-unsaturated/α-hetero) is 1. The minimum atomic E-state index is 0.0990. The summed E-state index contributed by atoms with van der Waals surface area (Å²) < 4.78 is 0. The Labute approximate surface area is 143 Å². The fourth-order valence-corrected chi connectivity index (χ4v) is 4.22. The molecule has 1 aliphatic rings. The summed E-state index contributed by atoms with van der Waals surface area (Å²) in [7, 11) is 0. The van der Waals surface area contributed by atoms with E-state index in [0.717, 1.165) is 54.2 Å². The van der Waals surface area contributed by atoms with Gasteiger partial charge in [0.25, 0.3) is 0 Å². The van der Waals surface area contributed by atoms with Crippen molar-refractivity contribution in [2.45, 2.75) is 58.9 Å². The average Bonchev–Trinajstić information content (AvgIpc) is 2.89. The summed E-state index contributed by atoms with van der Waals surface area (Å²) in [5.41, 5.74) is 0.796. The molecule has 2 rings (SSSR count). The predicted molar refractivity (Wildman–Crippen MR) is 95.3 cm³/mol. The van der Waals surface area contributed by atoms with Crippen molar-refractivity contribution in [3.8, 4) is 0 Å². The second-order valence-electron chi connectivity index (χ2n) is 6.32. The summed E-state index contributed by atoms with van der Waals surface area (Å²) in [6.45, 7) is 8.85. The van der Waals surface area contributed by atoms with Gasteiger partial charge in [0.05, 0.1) is 0 Å². The average molecular weight is 337 g/mol. The Morgan fingerprint density at radius 3 is 2.52 bits per heavy atom. The van der Waals surface area contributed by atoms with E-state index in [-0.39, 0.29) is 11.7 Å². The van der Waals surface area contributed by atoms with Gasteiger partial charge in [-0.2, -0.15) is 0 Å². The van der Waals surface area contributed by atoms with Crippen LogP contribution in [0.4, 0.5) is 0 Å². The Morgan fingerprint density at radius 1 is 1.26 bits per heavy atom. The van der Waals surface area contributed by atoms with Crippen molar-refractivity contribution in [3.05, 3.63) is 21.4 Å². The first-order valence-corrected chi connectivity index (χ1v) is 9.45. The van der Waals surface area contributed by atoms with Gasteiger partial charge in [0.1, 0.15) is 0 Å². The molecule has 4 nitrogen and oxygen atoms in total. The number of ketones is 1. The SMILES string of the molecule is CCCN(C(=O)CCC(=O)c1cc(C)sc1C)C1CCNCC1. The number of hydrogen-bond donors (Lipinski definition) is 1. The highest BCUT2D eigenvalue weighted by Gasteiger charge is 2.25. The van der Waals surface area contributed by atoms with Gasteiger partial charge in [-0.05, 0) is 52.3 Å². The van der Waals surface area contributed by atoms with Gasteiger partial charge in [-0.1, -0.05) is 6.92 Å². The standard InChI is InChI=1S/C18H28N2O2S/c1-4-11-20(15-7-9-19-10-8-15)18(22)6-5-17(21)16-12-13(2)23-14(16)3/h12,15,19H,4-11H2,1-3H3. The molecule has 0 saturated carbocycles. The zero-order valence-corrected chi connectivity index (χ0v) is 15.3. The van der Waals surface area contributed by atoms with Crippen LogP contribution in [0.15, 0.2) is 6.07 Å². The van der Waals surface area contributed by atoms with Crippen LogP contribution in [0.2, 0.25) is 0 Å². The number of amides is 1. The number of aryl methyl sites for hydroxylation is 2. The molecule has 0 radical (unpaired) electrons. The highest BCUT2D eigenvalue weighted by molar-refractivity contribution is 7.12. The van der Waals surface area contributed by atoms with Crippen molar-refractivity contribution >= 4 is 23.0 Å². The number of carbonyl (C=O) groups is 2. The minimum absolute atomic E-state index is 0.0990. The molecule has 1 saturated heterocycles. The number of rotatable bonds is 7. The maximum atomic E-state index is 12.6. The lowest BCUT2D eigenvalue weighted by molar-refractivity contribution is -0.134. The summed E-state index contributed by atoms with van der Waals surface area (Å²) in [5, 5.41) is 3.34. The lowest BCUT2D eigenvalue weighted by Crippen LogP contribution is -2.46. The van der Waals surface area contributed by atoms with Crippen molar-refractivity contribution in [2.24, 2.45) is 0 Å². The maximum absolute atomic E-state index is 12.6. The van der Waals surface area contributed by atoms with Crippen LogP contribution < -0.4 is 5.32 Å². The molecule has 1 N–H and O–H groups in total. The van der Waals surface area contributed by atoms with E-state index in [9.17, 15) is 9.59 Å². The van der Waals surface area contributed by atoms with Gasteiger partial charge >= 0.3 is 0 Å². The summed E-state index contributed by atoms with van der Waals surface area (Å²) in [4.78, 5) is 29.2. The van der Waals surface area contributed by atoms with Crippen LogP contribution in [-0.4, -0.2) is 42.3 Å². The van der Waals surface area contributed by atoms with E-state index < -0.39 is 0 Å². The third-order valence-electron chi connectivity index (χ3n) is 4.44. The molecule has 1 amide bonds. The Morgan fingerprint density at radius 2 is 1.96 bits per heavy atom. The Bertz CT molecular complexity index is 547. The van der Waals surface area contributed by atoms with Crippen molar-refractivity contribution in [1.29, 1.82) is 0 Å². The molecule has 0 atom stereocenters. The van der Waals surface area contributed by atoms with Crippen LogP contribution in [0.25, 0.3) is 0 Å². The summed E-state index contributed by atoms with van der Waals surface area (Å²) in [6.07, 6.45) is 3.65.